The molecule has 0 N–H and O–H groups in total. The molecular formula is C25H14N4O2. The predicted molar refractivity (Wildman–Crippen MR) is 115 cm³/mol. The van der Waals surface area contributed by atoms with E-state index < -0.39 is 5.78 Å². The van der Waals surface area contributed by atoms with Crippen molar-refractivity contribution in [2.45, 2.75) is 0 Å². The summed E-state index contributed by atoms with van der Waals surface area (Å²) in [7, 11) is 0. The minimum atomic E-state index is -0.398. The molecule has 0 radical (unpaired) electrons. The first-order chi connectivity index (χ1) is 15.2. The Hall–Kier alpha value is -4.63. The number of benzene rings is 3. The van der Waals surface area contributed by atoms with Crippen molar-refractivity contribution in [1.82, 2.24) is 15.2 Å². The van der Waals surface area contributed by atoms with Gasteiger partial charge >= 0.3 is 0 Å². The molecule has 31 heavy (non-hydrogen) atoms. The number of para-hydroxylation sites is 1. The average Bonchev–Trinajstić information content (AvgIpc) is 3.33. The number of carbonyl (C=O) groups is 1. The standard InChI is InChI=1S/C25H14N4O2/c26-15-16-10-12-18(13-11-16)23(30)25-29-28-24(31-25)20-14-22(17-6-2-1-3-7-17)27-21-9-5-4-8-19(20)21/h1-14H. The fraction of sp³-hybridized carbons (Fsp3) is 0. The Morgan fingerprint density at radius 1 is 0.871 bits per heavy atom. The molecule has 2 heterocycles. The molecule has 0 unspecified atom stereocenters. The van der Waals surface area contributed by atoms with Crippen molar-refractivity contribution in [2.24, 2.45) is 0 Å². The fourth-order valence-electron chi connectivity index (χ4n) is 3.35. The number of hydrogen-bond acceptors (Lipinski definition) is 6. The van der Waals surface area contributed by atoms with Gasteiger partial charge in [0.15, 0.2) is 0 Å². The predicted octanol–water partition coefficient (Wildman–Crippen LogP) is 5.05. The highest BCUT2D eigenvalue weighted by Gasteiger charge is 2.20. The maximum atomic E-state index is 12.8. The molecule has 5 rings (SSSR count). The monoisotopic (exact) mass is 402 g/mol. The second-order valence-electron chi connectivity index (χ2n) is 6.87. The number of nitriles is 1. The number of carbonyl (C=O) groups excluding carboxylic acids is 1. The van der Waals surface area contributed by atoms with Gasteiger partial charge in [0.1, 0.15) is 0 Å². The van der Waals surface area contributed by atoms with Gasteiger partial charge in [-0.1, -0.05) is 48.5 Å². The lowest BCUT2D eigenvalue weighted by molar-refractivity contribution is 0.100. The second kappa shape index (κ2) is 7.65. The smallest absolute Gasteiger partial charge is 0.289 e. The van der Waals surface area contributed by atoms with Crippen LogP contribution in [0.2, 0.25) is 0 Å². The Bertz CT molecular complexity index is 1450. The van der Waals surface area contributed by atoms with E-state index >= 15 is 0 Å². The van der Waals surface area contributed by atoms with Gasteiger partial charge in [-0.15, -0.1) is 10.2 Å². The molecule has 0 saturated carbocycles. The lowest BCUT2D eigenvalue weighted by Gasteiger charge is -2.07. The highest BCUT2D eigenvalue weighted by Crippen LogP contribution is 2.31. The molecule has 0 amide bonds. The Balaban J connectivity index is 1.59. The van der Waals surface area contributed by atoms with E-state index in [1.165, 1.54) is 0 Å². The highest BCUT2D eigenvalue weighted by atomic mass is 16.4. The number of fused-ring (bicyclic) bond motifs is 1. The van der Waals surface area contributed by atoms with Crippen LogP contribution in [0.5, 0.6) is 0 Å². The van der Waals surface area contributed by atoms with E-state index in [1.54, 1.807) is 24.3 Å². The third kappa shape index (κ3) is 3.45. The zero-order chi connectivity index (χ0) is 21.2. The van der Waals surface area contributed by atoms with E-state index in [9.17, 15) is 4.79 Å². The molecule has 5 aromatic rings. The maximum Gasteiger partial charge on any atom is 0.289 e. The van der Waals surface area contributed by atoms with Gasteiger partial charge in [-0.25, -0.2) is 4.98 Å². The Labute approximate surface area is 177 Å². The summed E-state index contributed by atoms with van der Waals surface area (Å²) in [5.41, 5.74) is 4.07. The van der Waals surface area contributed by atoms with E-state index in [1.807, 2.05) is 66.7 Å². The molecule has 0 aliphatic carbocycles. The van der Waals surface area contributed by atoms with Crippen LogP contribution in [0.4, 0.5) is 0 Å². The van der Waals surface area contributed by atoms with Crippen LogP contribution >= 0.6 is 0 Å². The van der Waals surface area contributed by atoms with Crippen molar-refractivity contribution in [2.75, 3.05) is 0 Å². The summed E-state index contributed by atoms with van der Waals surface area (Å²) < 4.78 is 5.78. The van der Waals surface area contributed by atoms with Crippen LogP contribution in [0.25, 0.3) is 33.6 Å². The third-order valence-corrected chi connectivity index (χ3v) is 4.91. The van der Waals surface area contributed by atoms with Crippen LogP contribution in [-0.2, 0) is 0 Å². The first kappa shape index (κ1) is 18.4. The SMILES string of the molecule is N#Cc1ccc(C(=O)c2nnc(-c3cc(-c4ccccc4)nc4ccccc34)o2)cc1. The minimum absolute atomic E-state index is 0.109. The number of nitrogens with zero attached hydrogens (tertiary/aromatic N) is 4. The van der Waals surface area contributed by atoms with Gasteiger partial charge < -0.3 is 4.42 Å². The third-order valence-electron chi connectivity index (χ3n) is 4.91. The number of aromatic nitrogens is 3. The van der Waals surface area contributed by atoms with Crippen LogP contribution < -0.4 is 0 Å². The van der Waals surface area contributed by atoms with Gasteiger partial charge in [0.2, 0.25) is 11.7 Å². The lowest BCUT2D eigenvalue weighted by atomic mass is 10.0. The first-order valence-corrected chi connectivity index (χ1v) is 9.57. The van der Waals surface area contributed by atoms with Crippen LogP contribution in [-0.4, -0.2) is 21.0 Å². The minimum Gasteiger partial charge on any atom is -0.413 e. The Kier molecular flexibility index (Phi) is 4.54. The van der Waals surface area contributed by atoms with Gasteiger partial charge in [-0.3, -0.25) is 4.79 Å². The highest BCUT2D eigenvalue weighted by molar-refractivity contribution is 6.06. The molecule has 0 saturated heterocycles. The number of pyridine rings is 1. The molecule has 3 aromatic carbocycles. The van der Waals surface area contributed by atoms with E-state index in [-0.39, 0.29) is 11.8 Å². The number of ketones is 1. The second-order valence-corrected chi connectivity index (χ2v) is 6.87. The molecule has 2 aromatic heterocycles. The molecular weight excluding hydrogens is 388 g/mol. The molecule has 0 aliphatic rings. The summed E-state index contributed by atoms with van der Waals surface area (Å²) >= 11 is 0. The van der Waals surface area contributed by atoms with Crippen LogP contribution in [0, 0.1) is 11.3 Å². The van der Waals surface area contributed by atoms with Crippen molar-refractivity contribution in [3.63, 3.8) is 0 Å². The summed E-state index contributed by atoms with van der Waals surface area (Å²) in [6.45, 7) is 0. The van der Waals surface area contributed by atoms with Gasteiger partial charge in [0, 0.05) is 16.5 Å². The Morgan fingerprint density at radius 3 is 2.39 bits per heavy atom. The van der Waals surface area contributed by atoms with Crippen molar-refractivity contribution in [3.8, 4) is 28.8 Å². The van der Waals surface area contributed by atoms with E-state index in [0.717, 1.165) is 22.2 Å². The van der Waals surface area contributed by atoms with Crippen molar-refractivity contribution >= 4 is 16.7 Å². The van der Waals surface area contributed by atoms with Gasteiger partial charge in [0.05, 0.1) is 28.4 Å². The molecule has 6 nitrogen and oxygen atoms in total. The van der Waals surface area contributed by atoms with Crippen molar-refractivity contribution in [1.29, 1.82) is 5.26 Å². The summed E-state index contributed by atoms with van der Waals surface area (Å²) in [6, 6.07) is 27.7. The van der Waals surface area contributed by atoms with E-state index in [2.05, 4.69) is 10.2 Å². The number of rotatable bonds is 4. The maximum absolute atomic E-state index is 12.8. The Morgan fingerprint density at radius 2 is 1.61 bits per heavy atom. The summed E-state index contributed by atoms with van der Waals surface area (Å²) in [6.07, 6.45) is 0. The normalized spacial score (nSPS) is 10.7. The van der Waals surface area contributed by atoms with Crippen LogP contribution in [0.1, 0.15) is 21.8 Å². The summed E-state index contributed by atoms with van der Waals surface area (Å²) in [5.74, 6) is -0.264. The van der Waals surface area contributed by atoms with Crippen molar-refractivity contribution < 1.29 is 9.21 Å². The summed E-state index contributed by atoms with van der Waals surface area (Å²) in [5, 5.41) is 17.9. The van der Waals surface area contributed by atoms with Gasteiger partial charge in [-0.2, -0.15) is 5.26 Å². The largest absolute Gasteiger partial charge is 0.413 e. The van der Waals surface area contributed by atoms with Gasteiger partial charge in [0.25, 0.3) is 5.89 Å². The summed E-state index contributed by atoms with van der Waals surface area (Å²) in [4.78, 5) is 17.5. The quantitative estimate of drug-likeness (QED) is 0.390. The lowest BCUT2D eigenvalue weighted by Crippen LogP contribution is -2.01. The molecule has 0 spiro atoms. The van der Waals surface area contributed by atoms with E-state index in [0.29, 0.717) is 16.7 Å². The van der Waals surface area contributed by atoms with Gasteiger partial charge in [-0.05, 0) is 36.4 Å². The topological polar surface area (TPSA) is 92.7 Å². The molecule has 0 atom stereocenters. The molecule has 0 fully saturated rings. The number of hydrogen-bond donors (Lipinski definition) is 0. The fourth-order valence-corrected chi connectivity index (χ4v) is 3.35. The zero-order valence-corrected chi connectivity index (χ0v) is 16.2. The van der Waals surface area contributed by atoms with Crippen LogP contribution in [0.3, 0.4) is 0 Å². The molecule has 0 bridgehead atoms. The average molecular weight is 402 g/mol. The molecule has 146 valence electrons. The molecule has 6 heteroatoms. The first-order valence-electron chi connectivity index (χ1n) is 9.57. The van der Waals surface area contributed by atoms with Crippen molar-refractivity contribution in [3.05, 3.63) is 102 Å². The van der Waals surface area contributed by atoms with Crippen LogP contribution in [0.15, 0.2) is 89.3 Å². The molecule has 0 aliphatic heterocycles. The van der Waals surface area contributed by atoms with E-state index in [4.69, 9.17) is 14.7 Å². The zero-order valence-electron chi connectivity index (χ0n) is 16.2.